The van der Waals surface area contributed by atoms with Crippen LogP contribution in [0.25, 0.3) is 0 Å². The van der Waals surface area contributed by atoms with Gasteiger partial charge in [-0.15, -0.1) is 12.4 Å². The van der Waals surface area contributed by atoms with E-state index in [2.05, 4.69) is 4.98 Å². The fourth-order valence-electron chi connectivity index (χ4n) is 0.832. The van der Waals surface area contributed by atoms with Crippen molar-refractivity contribution in [3.63, 3.8) is 0 Å². The molecule has 0 saturated carbocycles. The second-order valence-electron chi connectivity index (χ2n) is 2.18. The fourth-order valence-corrected chi connectivity index (χ4v) is 2.06. The van der Waals surface area contributed by atoms with Crippen LogP contribution >= 0.6 is 24.0 Å². The molecule has 0 aromatic carbocycles. The van der Waals surface area contributed by atoms with Crippen LogP contribution < -0.4 is 0 Å². The number of aryl methyl sites for hydroxylation is 1. The van der Waals surface area contributed by atoms with Gasteiger partial charge in [-0.3, -0.25) is 9.54 Å². The molecule has 0 fully saturated rings. The highest BCUT2D eigenvalue weighted by Crippen LogP contribution is 2.22. The van der Waals surface area contributed by atoms with E-state index in [9.17, 15) is 8.42 Å². The van der Waals surface area contributed by atoms with Crippen molar-refractivity contribution in [1.82, 2.24) is 4.98 Å². The Hall–Kier alpha value is -0.360. The van der Waals surface area contributed by atoms with E-state index in [1.807, 2.05) is 0 Å². The molecule has 1 aromatic heterocycles. The Balaban J connectivity index is 0.00000144. The van der Waals surface area contributed by atoms with Gasteiger partial charge in [0.2, 0.25) is 0 Å². The topological polar surface area (TPSA) is 67.3 Å². The summed E-state index contributed by atoms with van der Waals surface area (Å²) in [5.74, 6) is 0. The molecule has 7 heteroatoms. The summed E-state index contributed by atoms with van der Waals surface area (Å²) in [6.07, 6.45) is 1.37. The average Bonchev–Trinajstić information content (AvgIpc) is 1.82. The van der Waals surface area contributed by atoms with E-state index >= 15 is 0 Å². The predicted molar refractivity (Wildman–Crippen MR) is 51.0 cm³/mol. The fraction of sp³-hybridized carbons (Fsp3) is 0.167. The first kappa shape index (κ1) is 12.6. The van der Waals surface area contributed by atoms with Crippen LogP contribution in [-0.2, 0) is 10.1 Å². The van der Waals surface area contributed by atoms with Crippen molar-refractivity contribution in [3.05, 3.63) is 23.0 Å². The van der Waals surface area contributed by atoms with Crippen LogP contribution in [0.3, 0.4) is 0 Å². The molecule has 0 radical (unpaired) electrons. The van der Waals surface area contributed by atoms with E-state index in [1.165, 1.54) is 19.2 Å². The molecule has 1 N–H and O–H groups in total. The molecule has 1 aromatic rings. The van der Waals surface area contributed by atoms with E-state index in [0.29, 0.717) is 0 Å². The monoisotopic (exact) mass is 243 g/mol. The van der Waals surface area contributed by atoms with Crippen molar-refractivity contribution in [3.8, 4) is 0 Å². The highest BCUT2D eigenvalue weighted by Gasteiger charge is 2.17. The maximum atomic E-state index is 10.7. The van der Waals surface area contributed by atoms with Crippen molar-refractivity contribution in [1.29, 1.82) is 0 Å². The summed E-state index contributed by atoms with van der Waals surface area (Å²) in [5.41, 5.74) is 0.185. The zero-order valence-corrected chi connectivity index (χ0v) is 8.95. The molecule has 0 unspecified atom stereocenters. The molecule has 0 saturated heterocycles. The lowest BCUT2D eigenvalue weighted by molar-refractivity contribution is 0.482. The molecule has 0 amide bonds. The van der Waals surface area contributed by atoms with Crippen molar-refractivity contribution >= 4 is 34.1 Å². The largest absolute Gasteiger partial charge is 0.297 e. The number of halogens is 2. The van der Waals surface area contributed by atoms with Gasteiger partial charge in [-0.2, -0.15) is 8.42 Å². The van der Waals surface area contributed by atoms with Gasteiger partial charge >= 0.3 is 0 Å². The van der Waals surface area contributed by atoms with E-state index in [4.69, 9.17) is 16.2 Å². The molecule has 74 valence electrons. The summed E-state index contributed by atoms with van der Waals surface area (Å²) in [5, 5.41) is -0.0231. The van der Waals surface area contributed by atoms with Gasteiger partial charge in [-0.1, -0.05) is 11.6 Å². The molecule has 0 aliphatic heterocycles. The third-order valence-corrected chi connectivity index (χ3v) is 2.75. The third-order valence-electron chi connectivity index (χ3n) is 1.29. The summed E-state index contributed by atoms with van der Waals surface area (Å²) < 4.78 is 30.1. The molecule has 0 aliphatic carbocycles. The number of aromatic nitrogens is 1. The van der Waals surface area contributed by atoms with Crippen LogP contribution in [-0.4, -0.2) is 18.0 Å². The minimum absolute atomic E-state index is 0. The summed E-state index contributed by atoms with van der Waals surface area (Å²) >= 11 is 5.53. The second-order valence-corrected chi connectivity index (χ2v) is 3.95. The molecule has 4 nitrogen and oxygen atoms in total. The summed E-state index contributed by atoms with van der Waals surface area (Å²) in [6.45, 7) is 1.45. The summed E-state index contributed by atoms with van der Waals surface area (Å²) in [4.78, 5) is 3.36. The first-order valence-electron chi connectivity index (χ1n) is 3.01. The SMILES string of the molecule is Cc1nccc(Cl)c1S(=O)(=O)O.Cl. The molecule has 0 atom stereocenters. The smallest absolute Gasteiger partial charge is 0.282 e. The Bertz CT molecular complexity index is 384. The van der Waals surface area contributed by atoms with Gasteiger partial charge in [0.15, 0.2) is 0 Å². The summed E-state index contributed by atoms with van der Waals surface area (Å²) in [6, 6.07) is 1.30. The van der Waals surface area contributed by atoms with Crippen LogP contribution in [0.5, 0.6) is 0 Å². The maximum Gasteiger partial charge on any atom is 0.297 e. The Kier molecular flexibility index (Phi) is 4.12. The molecule has 1 heterocycles. The van der Waals surface area contributed by atoms with Crippen molar-refractivity contribution in [2.75, 3.05) is 0 Å². The van der Waals surface area contributed by atoms with Crippen molar-refractivity contribution in [2.24, 2.45) is 0 Å². The van der Waals surface area contributed by atoms with Gasteiger partial charge in [0.25, 0.3) is 10.1 Å². The molecule has 0 aliphatic rings. The Morgan fingerprint density at radius 2 is 2.08 bits per heavy atom. The molecular formula is C6H7Cl2NO3S. The Morgan fingerprint density at radius 1 is 1.54 bits per heavy atom. The Morgan fingerprint density at radius 3 is 2.38 bits per heavy atom. The minimum atomic E-state index is -4.26. The van der Waals surface area contributed by atoms with E-state index in [-0.39, 0.29) is 28.0 Å². The van der Waals surface area contributed by atoms with Crippen LogP contribution in [0, 0.1) is 6.92 Å². The zero-order chi connectivity index (χ0) is 9.35. The lowest BCUT2D eigenvalue weighted by Gasteiger charge is -2.01. The minimum Gasteiger partial charge on any atom is -0.282 e. The quantitative estimate of drug-likeness (QED) is 0.763. The number of rotatable bonds is 1. The zero-order valence-electron chi connectivity index (χ0n) is 6.56. The molecule has 1 rings (SSSR count). The van der Waals surface area contributed by atoms with Crippen LogP contribution in [0.15, 0.2) is 17.2 Å². The number of pyridine rings is 1. The highest BCUT2D eigenvalue weighted by molar-refractivity contribution is 7.86. The molecular weight excluding hydrogens is 237 g/mol. The van der Waals surface area contributed by atoms with Crippen LogP contribution in [0.2, 0.25) is 5.02 Å². The standard InChI is InChI=1S/C6H6ClNO3S.ClH/c1-4-6(12(9,10)11)5(7)2-3-8-4;/h2-3H,1H3,(H,9,10,11);1H. The van der Waals surface area contributed by atoms with E-state index < -0.39 is 10.1 Å². The van der Waals surface area contributed by atoms with Crippen LogP contribution in [0.1, 0.15) is 5.69 Å². The van der Waals surface area contributed by atoms with Gasteiger partial charge in [0.05, 0.1) is 10.7 Å². The Labute approximate surface area is 87.1 Å². The lowest BCUT2D eigenvalue weighted by atomic mass is 10.4. The highest BCUT2D eigenvalue weighted by atomic mass is 35.5. The molecule has 0 bridgehead atoms. The average molecular weight is 244 g/mol. The molecule has 13 heavy (non-hydrogen) atoms. The van der Waals surface area contributed by atoms with E-state index in [0.717, 1.165) is 0 Å². The second kappa shape index (κ2) is 4.23. The first-order chi connectivity index (χ1) is 5.43. The lowest BCUT2D eigenvalue weighted by Crippen LogP contribution is -2.03. The van der Waals surface area contributed by atoms with Gasteiger partial charge in [-0.25, -0.2) is 0 Å². The predicted octanol–water partition coefficient (Wildman–Crippen LogP) is 1.71. The van der Waals surface area contributed by atoms with Crippen molar-refractivity contribution < 1.29 is 13.0 Å². The first-order valence-corrected chi connectivity index (χ1v) is 4.83. The van der Waals surface area contributed by atoms with Gasteiger partial charge in [0.1, 0.15) is 4.90 Å². The van der Waals surface area contributed by atoms with Gasteiger partial charge < -0.3 is 0 Å². The number of nitrogens with zero attached hydrogens (tertiary/aromatic N) is 1. The number of hydrogen-bond acceptors (Lipinski definition) is 3. The summed E-state index contributed by atoms with van der Waals surface area (Å²) in [7, 11) is -4.26. The normalized spacial score (nSPS) is 10.7. The maximum absolute atomic E-state index is 10.7. The van der Waals surface area contributed by atoms with Gasteiger partial charge in [-0.05, 0) is 13.0 Å². The van der Waals surface area contributed by atoms with E-state index in [1.54, 1.807) is 0 Å². The third kappa shape index (κ3) is 2.80. The van der Waals surface area contributed by atoms with Crippen molar-refractivity contribution in [2.45, 2.75) is 11.8 Å². The van der Waals surface area contributed by atoms with Crippen LogP contribution in [0.4, 0.5) is 0 Å². The number of hydrogen-bond donors (Lipinski definition) is 1. The van der Waals surface area contributed by atoms with Gasteiger partial charge in [0, 0.05) is 6.20 Å². The molecule has 0 spiro atoms.